The summed E-state index contributed by atoms with van der Waals surface area (Å²) in [5, 5.41) is 0. The van der Waals surface area contributed by atoms with Crippen molar-refractivity contribution in [2.24, 2.45) is 0 Å². The SMILES string of the molecule is C=C(C)N1CCCC1COC. The Labute approximate surface area is 68.8 Å². The zero-order chi connectivity index (χ0) is 8.27. The highest BCUT2D eigenvalue weighted by molar-refractivity contribution is 4.96. The van der Waals surface area contributed by atoms with Crippen molar-refractivity contribution in [3.63, 3.8) is 0 Å². The number of likely N-dealkylation sites (tertiary alicyclic amines) is 1. The fourth-order valence-electron chi connectivity index (χ4n) is 1.70. The fraction of sp³-hybridized carbons (Fsp3) is 0.778. The normalized spacial score (nSPS) is 24.2. The van der Waals surface area contributed by atoms with Gasteiger partial charge in [-0.2, -0.15) is 0 Å². The Bertz CT molecular complexity index is 144. The molecule has 0 aromatic rings. The van der Waals surface area contributed by atoms with E-state index in [1.54, 1.807) is 7.11 Å². The summed E-state index contributed by atoms with van der Waals surface area (Å²) in [4.78, 5) is 2.34. The van der Waals surface area contributed by atoms with Crippen LogP contribution in [0.25, 0.3) is 0 Å². The van der Waals surface area contributed by atoms with Gasteiger partial charge < -0.3 is 9.64 Å². The smallest absolute Gasteiger partial charge is 0.0666 e. The molecule has 1 heterocycles. The van der Waals surface area contributed by atoms with Gasteiger partial charge in [0.1, 0.15) is 0 Å². The van der Waals surface area contributed by atoms with Crippen LogP contribution in [-0.4, -0.2) is 31.2 Å². The molecule has 2 heteroatoms. The summed E-state index contributed by atoms with van der Waals surface area (Å²) >= 11 is 0. The van der Waals surface area contributed by atoms with Gasteiger partial charge in [-0.25, -0.2) is 0 Å². The highest BCUT2D eigenvalue weighted by Gasteiger charge is 2.23. The van der Waals surface area contributed by atoms with Crippen LogP contribution in [0.3, 0.4) is 0 Å². The average molecular weight is 155 g/mol. The molecule has 0 bridgehead atoms. The molecular weight excluding hydrogens is 138 g/mol. The Morgan fingerprint density at radius 3 is 3.00 bits per heavy atom. The Morgan fingerprint density at radius 1 is 1.73 bits per heavy atom. The maximum Gasteiger partial charge on any atom is 0.0666 e. The molecule has 1 rings (SSSR count). The summed E-state index contributed by atoms with van der Waals surface area (Å²) in [6.45, 7) is 8.00. The molecule has 1 aliphatic heterocycles. The first kappa shape index (κ1) is 8.60. The zero-order valence-electron chi connectivity index (χ0n) is 7.47. The Morgan fingerprint density at radius 2 is 2.45 bits per heavy atom. The zero-order valence-corrected chi connectivity index (χ0v) is 7.47. The predicted octanol–water partition coefficient (Wildman–Crippen LogP) is 1.63. The molecule has 0 radical (unpaired) electrons. The molecule has 0 aliphatic carbocycles. The topological polar surface area (TPSA) is 12.5 Å². The van der Waals surface area contributed by atoms with Crippen LogP contribution in [0.15, 0.2) is 12.3 Å². The van der Waals surface area contributed by atoms with Crippen molar-refractivity contribution in [3.8, 4) is 0 Å². The van der Waals surface area contributed by atoms with Crippen LogP contribution in [0, 0.1) is 0 Å². The maximum atomic E-state index is 5.12. The number of allylic oxidation sites excluding steroid dienone is 1. The quantitative estimate of drug-likeness (QED) is 0.614. The third-order valence-electron chi connectivity index (χ3n) is 2.23. The lowest BCUT2D eigenvalue weighted by molar-refractivity contribution is 0.132. The summed E-state index contributed by atoms with van der Waals surface area (Å²) in [5.41, 5.74) is 1.17. The molecule has 0 aromatic heterocycles. The minimum absolute atomic E-state index is 0.581. The van der Waals surface area contributed by atoms with Crippen molar-refractivity contribution in [3.05, 3.63) is 12.3 Å². The van der Waals surface area contributed by atoms with E-state index in [0.717, 1.165) is 13.2 Å². The van der Waals surface area contributed by atoms with Crippen LogP contribution in [0.4, 0.5) is 0 Å². The number of methoxy groups -OCH3 is 1. The van der Waals surface area contributed by atoms with Crippen LogP contribution in [0.5, 0.6) is 0 Å². The van der Waals surface area contributed by atoms with Crippen molar-refractivity contribution in [1.82, 2.24) is 4.90 Å². The van der Waals surface area contributed by atoms with Gasteiger partial charge >= 0.3 is 0 Å². The van der Waals surface area contributed by atoms with E-state index in [9.17, 15) is 0 Å². The third-order valence-corrected chi connectivity index (χ3v) is 2.23. The van der Waals surface area contributed by atoms with Crippen molar-refractivity contribution in [2.75, 3.05) is 20.3 Å². The molecule has 0 N–H and O–H groups in total. The van der Waals surface area contributed by atoms with Gasteiger partial charge in [0, 0.05) is 19.4 Å². The number of hydrogen-bond acceptors (Lipinski definition) is 2. The molecule has 1 fully saturated rings. The summed E-state index contributed by atoms with van der Waals surface area (Å²) in [6.07, 6.45) is 2.53. The molecule has 1 saturated heterocycles. The van der Waals surface area contributed by atoms with Crippen LogP contribution < -0.4 is 0 Å². The van der Waals surface area contributed by atoms with Crippen molar-refractivity contribution < 1.29 is 4.74 Å². The highest BCUT2D eigenvalue weighted by Crippen LogP contribution is 2.20. The Balaban J connectivity index is 2.44. The first-order chi connectivity index (χ1) is 5.25. The molecule has 2 nitrogen and oxygen atoms in total. The highest BCUT2D eigenvalue weighted by atomic mass is 16.5. The van der Waals surface area contributed by atoms with Crippen LogP contribution >= 0.6 is 0 Å². The van der Waals surface area contributed by atoms with Crippen molar-refractivity contribution >= 4 is 0 Å². The summed E-state index contributed by atoms with van der Waals surface area (Å²) in [7, 11) is 1.76. The number of rotatable bonds is 3. The second-order valence-corrected chi connectivity index (χ2v) is 3.18. The van der Waals surface area contributed by atoms with Crippen LogP contribution in [0.2, 0.25) is 0 Å². The molecule has 0 spiro atoms. The van der Waals surface area contributed by atoms with Gasteiger partial charge in [-0.15, -0.1) is 0 Å². The van der Waals surface area contributed by atoms with E-state index in [4.69, 9.17) is 4.74 Å². The lowest BCUT2D eigenvalue weighted by atomic mass is 10.2. The molecule has 0 aromatic carbocycles. The van der Waals surface area contributed by atoms with Crippen molar-refractivity contribution in [1.29, 1.82) is 0 Å². The van der Waals surface area contributed by atoms with E-state index in [2.05, 4.69) is 18.4 Å². The monoisotopic (exact) mass is 155 g/mol. The van der Waals surface area contributed by atoms with Gasteiger partial charge in [0.15, 0.2) is 0 Å². The molecule has 11 heavy (non-hydrogen) atoms. The Hall–Kier alpha value is -0.500. The van der Waals surface area contributed by atoms with Gasteiger partial charge in [-0.3, -0.25) is 0 Å². The fourth-order valence-corrected chi connectivity index (χ4v) is 1.70. The van der Waals surface area contributed by atoms with E-state index < -0.39 is 0 Å². The van der Waals surface area contributed by atoms with Crippen LogP contribution in [0.1, 0.15) is 19.8 Å². The largest absolute Gasteiger partial charge is 0.383 e. The lowest BCUT2D eigenvalue weighted by Gasteiger charge is -2.25. The predicted molar refractivity (Wildman–Crippen MR) is 46.4 cm³/mol. The summed E-state index contributed by atoms with van der Waals surface area (Å²) in [6, 6.07) is 0.581. The van der Waals surface area contributed by atoms with Gasteiger partial charge in [-0.05, 0) is 19.8 Å². The summed E-state index contributed by atoms with van der Waals surface area (Å²) in [5.74, 6) is 0. The van der Waals surface area contributed by atoms with E-state index >= 15 is 0 Å². The molecule has 0 amide bonds. The van der Waals surface area contributed by atoms with E-state index in [0.29, 0.717) is 6.04 Å². The molecule has 1 unspecified atom stereocenters. The first-order valence-electron chi connectivity index (χ1n) is 4.17. The first-order valence-corrected chi connectivity index (χ1v) is 4.17. The lowest BCUT2D eigenvalue weighted by Crippen LogP contribution is -2.30. The van der Waals surface area contributed by atoms with Gasteiger partial charge in [-0.1, -0.05) is 6.58 Å². The second kappa shape index (κ2) is 3.77. The van der Waals surface area contributed by atoms with Gasteiger partial charge in [0.25, 0.3) is 0 Å². The van der Waals surface area contributed by atoms with Crippen LogP contribution in [-0.2, 0) is 4.74 Å². The molecule has 64 valence electrons. The molecule has 1 aliphatic rings. The van der Waals surface area contributed by atoms with Gasteiger partial charge in [0.2, 0.25) is 0 Å². The molecule has 0 saturated carbocycles. The maximum absolute atomic E-state index is 5.12. The third kappa shape index (κ3) is 1.96. The Kier molecular flexibility index (Phi) is 2.94. The van der Waals surface area contributed by atoms with Crippen molar-refractivity contribution in [2.45, 2.75) is 25.8 Å². The number of ether oxygens (including phenoxy) is 1. The number of hydrogen-bond donors (Lipinski definition) is 0. The van der Waals surface area contributed by atoms with Gasteiger partial charge in [0.05, 0.1) is 12.6 Å². The summed E-state index contributed by atoms with van der Waals surface area (Å²) < 4.78 is 5.12. The van der Waals surface area contributed by atoms with E-state index in [-0.39, 0.29) is 0 Å². The standard InChI is InChI=1S/C9H17NO/c1-8(2)10-6-4-5-9(10)7-11-3/h9H,1,4-7H2,2-3H3. The minimum atomic E-state index is 0.581. The second-order valence-electron chi connectivity index (χ2n) is 3.18. The minimum Gasteiger partial charge on any atom is -0.383 e. The number of nitrogens with zero attached hydrogens (tertiary/aromatic N) is 1. The van der Waals surface area contributed by atoms with E-state index in [1.165, 1.54) is 18.5 Å². The van der Waals surface area contributed by atoms with E-state index in [1.807, 2.05) is 0 Å². The average Bonchev–Trinajstić information content (AvgIpc) is 2.36. The molecule has 1 atom stereocenters. The molecular formula is C9H17NO.